The number of ether oxygens (including phenoxy) is 2. The van der Waals surface area contributed by atoms with Crippen LogP contribution in [-0.4, -0.2) is 25.1 Å². The first-order chi connectivity index (χ1) is 14.5. The first kappa shape index (κ1) is 21.4. The summed E-state index contributed by atoms with van der Waals surface area (Å²) in [5.41, 5.74) is 3.94. The quantitative estimate of drug-likeness (QED) is 0.485. The molecule has 0 fully saturated rings. The van der Waals surface area contributed by atoms with Gasteiger partial charge in [0.2, 0.25) is 0 Å². The first-order valence-corrected chi connectivity index (χ1v) is 10.3. The molecule has 5 heteroatoms. The van der Waals surface area contributed by atoms with Gasteiger partial charge in [0.25, 0.3) is 5.91 Å². The molecule has 1 amide bonds. The van der Waals surface area contributed by atoms with E-state index in [1.807, 2.05) is 55.5 Å². The topological polar surface area (TPSA) is 55.8 Å². The summed E-state index contributed by atoms with van der Waals surface area (Å²) >= 11 is 0. The summed E-state index contributed by atoms with van der Waals surface area (Å²) in [5.74, 6) is -0.0144. The van der Waals surface area contributed by atoms with E-state index in [2.05, 4.69) is 6.92 Å². The van der Waals surface area contributed by atoms with Gasteiger partial charge in [0.15, 0.2) is 0 Å². The number of anilines is 1. The fraction of sp³-hybridized carbons (Fsp3) is 0.280. The lowest BCUT2D eigenvalue weighted by Gasteiger charge is -2.18. The molecule has 1 aliphatic heterocycles. The van der Waals surface area contributed by atoms with E-state index in [0.717, 1.165) is 17.7 Å². The van der Waals surface area contributed by atoms with E-state index in [1.165, 1.54) is 5.56 Å². The molecule has 2 aromatic rings. The van der Waals surface area contributed by atoms with Gasteiger partial charge in [-0.05, 0) is 68.7 Å². The lowest BCUT2D eigenvalue weighted by atomic mass is 10.0. The number of carbonyl (C=O) groups is 2. The highest BCUT2D eigenvalue weighted by Crippen LogP contribution is 2.36. The maximum atomic E-state index is 13.4. The van der Waals surface area contributed by atoms with E-state index < -0.39 is 5.97 Å². The van der Waals surface area contributed by atoms with Crippen molar-refractivity contribution in [3.63, 3.8) is 0 Å². The number of rotatable bonds is 7. The Labute approximate surface area is 177 Å². The van der Waals surface area contributed by atoms with Crippen molar-refractivity contribution in [3.05, 3.63) is 76.5 Å². The SMILES string of the molecule is CCOC(=O)C1=C(C)N(c2ccc(OCC)cc2)C(=O)/C1=C\c1ccc(CC)cc1. The molecule has 1 heterocycles. The summed E-state index contributed by atoms with van der Waals surface area (Å²) in [6.45, 7) is 8.33. The highest BCUT2D eigenvalue weighted by atomic mass is 16.5. The van der Waals surface area contributed by atoms with Gasteiger partial charge in [-0.25, -0.2) is 4.79 Å². The molecule has 3 rings (SSSR count). The van der Waals surface area contributed by atoms with Crippen LogP contribution < -0.4 is 9.64 Å². The fourth-order valence-corrected chi connectivity index (χ4v) is 3.47. The van der Waals surface area contributed by atoms with Gasteiger partial charge < -0.3 is 9.47 Å². The van der Waals surface area contributed by atoms with Crippen LogP contribution >= 0.6 is 0 Å². The number of nitrogens with zero attached hydrogens (tertiary/aromatic N) is 1. The monoisotopic (exact) mass is 405 g/mol. The summed E-state index contributed by atoms with van der Waals surface area (Å²) in [5, 5.41) is 0. The molecule has 0 saturated carbocycles. The van der Waals surface area contributed by atoms with Crippen molar-refractivity contribution in [3.8, 4) is 5.75 Å². The Kier molecular flexibility index (Phi) is 6.72. The molecule has 0 radical (unpaired) electrons. The number of allylic oxidation sites excluding steroid dienone is 1. The molecule has 5 nitrogen and oxygen atoms in total. The van der Waals surface area contributed by atoms with Crippen molar-refractivity contribution in [2.75, 3.05) is 18.1 Å². The van der Waals surface area contributed by atoms with Gasteiger partial charge in [-0.1, -0.05) is 31.2 Å². The van der Waals surface area contributed by atoms with Gasteiger partial charge in [0.1, 0.15) is 5.75 Å². The lowest BCUT2D eigenvalue weighted by molar-refractivity contribution is -0.138. The first-order valence-electron chi connectivity index (χ1n) is 10.3. The Balaban J connectivity index is 2.04. The van der Waals surface area contributed by atoms with Crippen molar-refractivity contribution in [1.82, 2.24) is 0 Å². The van der Waals surface area contributed by atoms with Crippen LogP contribution in [0.2, 0.25) is 0 Å². The number of amides is 1. The number of hydrogen-bond donors (Lipinski definition) is 0. The van der Waals surface area contributed by atoms with Crippen molar-refractivity contribution >= 4 is 23.6 Å². The summed E-state index contributed by atoms with van der Waals surface area (Å²) in [4.78, 5) is 27.6. The van der Waals surface area contributed by atoms with Gasteiger partial charge in [0, 0.05) is 11.4 Å². The smallest absolute Gasteiger partial charge is 0.340 e. The molecule has 0 aliphatic carbocycles. The van der Waals surface area contributed by atoms with E-state index in [0.29, 0.717) is 29.1 Å². The zero-order valence-corrected chi connectivity index (χ0v) is 17.9. The predicted octanol–water partition coefficient (Wildman–Crippen LogP) is 4.92. The fourth-order valence-electron chi connectivity index (χ4n) is 3.47. The maximum absolute atomic E-state index is 13.4. The largest absolute Gasteiger partial charge is 0.494 e. The lowest BCUT2D eigenvalue weighted by Crippen LogP contribution is -2.24. The zero-order chi connectivity index (χ0) is 21.7. The molecule has 0 saturated heterocycles. The van der Waals surface area contributed by atoms with Crippen LogP contribution in [0.4, 0.5) is 5.69 Å². The molecule has 0 N–H and O–H groups in total. The van der Waals surface area contributed by atoms with Gasteiger partial charge in [-0.15, -0.1) is 0 Å². The Hall–Kier alpha value is -3.34. The standard InChI is InChI=1S/C25H27NO4/c1-5-18-8-10-19(11-9-18)16-22-23(25(28)30-7-3)17(4)26(24(22)27)20-12-14-21(15-13-20)29-6-2/h8-16H,5-7H2,1-4H3/b22-16-. The Bertz CT molecular complexity index is 985. The van der Waals surface area contributed by atoms with Crippen molar-refractivity contribution < 1.29 is 19.1 Å². The minimum atomic E-state index is -0.492. The minimum absolute atomic E-state index is 0.241. The molecule has 0 bridgehead atoms. The van der Waals surface area contributed by atoms with Gasteiger partial charge in [-0.2, -0.15) is 0 Å². The highest BCUT2D eigenvalue weighted by Gasteiger charge is 2.38. The molecule has 30 heavy (non-hydrogen) atoms. The van der Waals surface area contributed by atoms with E-state index >= 15 is 0 Å². The summed E-state index contributed by atoms with van der Waals surface area (Å²) in [7, 11) is 0. The summed E-state index contributed by atoms with van der Waals surface area (Å²) < 4.78 is 10.7. The zero-order valence-electron chi connectivity index (χ0n) is 17.9. The van der Waals surface area contributed by atoms with Gasteiger partial charge in [-0.3, -0.25) is 9.69 Å². The average molecular weight is 405 g/mol. The second-order valence-electron chi connectivity index (χ2n) is 6.90. The van der Waals surface area contributed by atoms with Crippen LogP contribution in [0.5, 0.6) is 5.75 Å². The summed E-state index contributed by atoms with van der Waals surface area (Å²) in [6.07, 6.45) is 2.69. The van der Waals surface area contributed by atoms with Crippen LogP contribution in [0.3, 0.4) is 0 Å². The predicted molar refractivity (Wildman–Crippen MR) is 118 cm³/mol. The molecule has 0 aromatic heterocycles. The molecule has 1 aliphatic rings. The maximum Gasteiger partial charge on any atom is 0.340 e. The number of hydrogen-bond acceptors (Lipinski definition) is 4. The van der Waals surface area contributed by atoms with Gasteiger partial charge in [0.05, 0.1) is 24.4 Å². The van der Waals surface area contributed by atoms with E-state index in [1.54, 1.807) is 24.8 Å². The number of aryl methyl sites for hydroxylation is 1. The minimum Gasteiger partial charge on any atom is -0.494 e. The molecule has 2 aromatic carbocycles. The normalized spacial score (nSPS) is 15.1. The Morgan fingerprint density at radius 3 is 2.20 bits per heavy atom. The number of carbonyl (C=O) groups excluding carboxylic acids is 2. The number of benzene rings is 2. The van der Waals surface area contributed by atoms with Crippen molar-refractivity contribution in [1.29, 1.82) is 0 Å². The second kappa shape index (κ2) is 9.44. The van der Waals surface area contributed by atoms with Crippen LogP contribution in [0.25, 0.3) is 6.08 Å². The average Bonchev–Trinajstić information content (AvgIpc) is 2.99. The van der Waals surface area contributed by atoms with Crippen LogP contribution in [0.15, 0.2) is 65.4 Å². The summed E-state index contributed by atoms with van der Waals surface area (Å²) in [6, 6.07) is 15.2. The highest BCUT2D eigenvalue weighted by molar-refractivity contribution is 6.23. The van der Waals surface area contributed by atoms with Crippen molar-refractivity contribution in [2.24, 2.45) is 0 Å². The molecule has 156 valence electrons. The Morgan fingerprint density at radius 1 is 0.967 bits per heavy atom. The molecule has 0 unspecified atom stereocenters. The van der Waals surface area contributed by atoms with Crippen molar-refractivity contribution in [2.45, 2.75) is 34.1 Å². The van der Waals surface area contributed by atoms with E-state index in [9.17, 15) is 9.59 Å². The van der Waals surface area contributed by atoms with E-state index in [-0.39, 0.29) is 12.5 Å². The second-order valence-corrected chi connectivity index (χ2v) is 6.90. The molecular weight excluding hydrogens is 378 g/mol. The molecular formula is C25H27NO4. The third-order valence-corrected chi connectivity index (χ3v) is 4.98. The Morgan fingerprint density at radius 2 is 1.63 bits per heavy atom. The van der Waals surface area contributed by atoms with Crippen LogP contribution in [-0.2, 0) is 20.7 Å². The van der Waals surface area contributed by atoms with Crippen LogP contribution in [0.1, 0.15) is 38.8 Å². The van der Waals surface area contributed by atoms with E-state index in [4.69, 9.17) is 9.47 Å². The van der Waals surface area contributed by atoms with Crippen LogP contribution in [0, 0.1) is 0 Å². The van der Waals surface area contributed by atoms with Gasteiger partial charge >= 0.3 is 5.97 Å². The molecule has 0 atom stereocenters. The number of esters is 1. The third kappa shape index (κ3) is 4.30. The molecule has 0 spiro atoms. The third-order valence-electron chi connectivity index (χ3n) is 4.98.